The third-order valence-electron chi connectivity index (χ3n) is 4.88. The van der Waals surface area contributed by atoms with Crippen molar-refractivity contribution in [1.29, 1.82) is 0 Å². The van der Waals surface area contributed by atoms with E-state index >= 15 is 0 Å². The van der Waals surface area contributed by atoms with Crippen LogP contribution < -0.4 is 32.5 Å². The number of hydrogen-bond donors (Lipinski definition) is 5. The number of aromatic nitrogens is 3. The van der Waals surface area contributed by atoms with Crippen molar-refractivity contribution in [2.24, 2.45) is 29.6 Å². The molecule has 1 aliphatic rings. The number of amidine groups is 1. The number of methoxy groups -OCH3 is 1. The van der Waals surface area contributed by atoms with Crippen LogP contribution in [-0.4, -0.2) is 45.8 Å². The number of aromatic amines is 1. The third kappa shape index (κ3) is 4.07. The molecule has 168 valence electrons. The number of para-hydroxylation sites is 1. The first kappa shape index (κ1) is 17.6. The second-order valence-corrected chi connectivity index (χ2v) is 7.36. The minimum absolute atomic E-state index is 0.0109. The Morgan fingerprint density at radius 1 is 1.44 bits per heavy atom. The van der Waals surface area contributed by atoms with Crippen LogP contribution in [-0.2, 0) is 11.8 Å². The number of anilines is 3. The number of benzene rings is 1. The number of amides is 1. The first-order chi connectivity index (χ1) is 16.5. The molecule has 7 N–H and O–H groups in total. The van der Waals surface area contributed by atoms with Crippen LogP contribution in [0.4, 0.5) is 17.2 Å². The quantitative estimate of drug-likeness (QED) is 0.155. The lowest BCUT2D eigenvalue weighted by atomic mass is 10.1. The summed E-state index contributed by atoms with van der Waals surface area (Å²) < 4.78 is 29.0. The second-order valence-electron chi connectivity index (χ2n) is 7.36. The van der Waals surface area contributed by atoms with E-state index in [9.17, 15) is 9.59 Å². The van der Waals surface area contributed by atoms with E-state index in [1.165, 1.54) is 20.2 Å². The first-order valence-corrected chi connectivity index (χ1v) is 9.73. The number of H-pyrrole nitrogens is 1. The van der Waals surface area contributed by atoms with E-state index in [0.29, 0.717) is 21.7 Å². The molecule has 0 atom stereocenters. The topological polar surface area (TPSA) is 169 Å². The van der Waals surface area contributed by atoms with Gasteiger partial charge < -0.3 is 21.1 Å². The van der Waals surface area contributed by atoms with Gasteiger partial charge in [-0.1, -0.05) is 6.07 Å². The number of hydrazine groups is 1. The van der Waals surface area contributed by atoms with E-state index < -0.39 is 12.5 Å². The highest BCUT2D eigenvalue weighted by molar-refractivity contribution is 6.03. The van der Waals surface area contributed by atoms with Gasteiger partial charge >= 0.3 is 0 Å². The lowest BCUT2D eigenvalue weighted by molar-refractivity contribution is -0.117. The molecule has 1 amide bonds. The number of fused-ring (bicyclic) bond motifs is 1. The lowest BCUT2D eigenvalue weighted by Gasteiger charge is -2.16. The number of carbonyl (C=O) groups is 1. The number of aryl methyl sites for hydroxylation is 1. The van der Waals surface area contributed by atoms with Gasteiger partial charge in [-0.3, -0.25) is 19.4 Å². The molecule has 12 nitrogen and oxygen atoms in total. The molecule has 32 heavy (non-hydrogen) atoms. The van der Waals surface area contributed by atoms with Crippen molar-refractivity contribution in [2.45, 2.75) is 12.8 Å². The number of ether oxygens (including phenoxy) is 1. The maximum absolute atomic E-state index is 13.0. The van der Waals surface area contributed by atoms with Crippen molar-refractivity contribution in [2.75, 3.05) is 24.8 Å². The van der Waals surface area contributed by atoms with Crippen LogP contribution in [0.15, 0.2) is 34.2 Å². The standard InChI is InChI=1S/C20H25N9O3/c1-28-20(31)15-13(9-14(24-18(15)27-28)25-19(30)10-7-8-10)23-12-6-4-5-11(16(12)32-3)17(21)26-29(2)22/h4-6,9-10H,7-8,22H2,1-3H3,(H2,21,26)(H3,23,24,25,27,30)/i1D3. The average molecular weight is 442 g/mol. The predicted molar refractivity (Wildman–Crippen MR) is 122 cm³/mol. The Morgan fingerprint density at radius 2 is 2.22 bits per heavy atom. The predicted octanol–water partition coefficient (Wildman–Crippen LogP) is 0.788. The fourth-order valence-corrected chi connectivity index (χ4v) is 3.27. The summed E-state index contributed by atoms with van der Waals surface area (Å²) >= 11 is 0. The van der Waals surface area contributed by atoms with Crippen molar-refractivity contribution in [1.82, 2.24) is 19.9 Å². The maximum atomic E-state index is 13.0. The summed E-state index contributed by atoms with van der Waals surface area (Å²) in [5.41, 5.74) is 6.26. The van der Waals surface area contributed by atoms with Gasteiger partial charge in [0.2, 0.25) is 5.91 Å². The maximum Gasteiger partial charge on any atom is 0.277 e. The minimum atomic E-state index is -2.76. The van der Waals surface area contributed by atoms with Crippen LogP contribution in [0.2, 0.25) is 0 Å². The number of pyridine rings is 1. The summed E-state index contributed by atoms with van der Waals surface area (Å²) in [5, 5.41) is 13.3. The summed E-state index contributed by atoms with van der Waals surface area (Å²) in [4.78, 5) is 29.6. The Morgan fingerprint density at radius 3 is 2.88 bits per heavy atom. The van der Waals surface area contributed by atoms with Gasteiger partial charge in [-0.25, -0.2) is 15.9 Å². The van der Waals surface area contributed by atoms with Crippen molar-refractivity contribution < 1.29 is 13.6 Å². The molecule has 0 bridgehead atoms. The van der Waals surface area contributed by atoms with Crippen LogP contribution in [0.1, 0.15) is 22.5 Å². The van der Waals surface area contributed by atoms with Gasteiger partial charge in [-0.15, -0.1) is 5.10 Å². The third-order valence-corrected chi connectivity index (χ3v) is 4.88. The van der Waals surface area contributed by atoms with Gasteiger partial charge in [0.15, 0.2) is 17.2 Å². The van der Waals surface area contributed by atoms with E-state index in [-0.39, 0.29) is 40.2 Å². The SMILES string of the molecule is [2H]C([2H])([2H])n1[nH]c2nc(NC(=O)C3CC3)cc(Nc3cccc(/C(N)=N/N(C)N)c3OC)c2c1=O. The molecule has 12 heteroatoms. The fraction of sp³-hybridized carbons (Fsp3) is 0.300. The normalized spacial score (nSPS) is 15.6. The Hall–Kier alpha value is -4.06. The summed E-state index contributed by atoms with van der Waals surface area (Å²) in [7, 11) is 2.94. The average Bonchev–Trinajstić information content (AvgIpc) is 3.56. The molecular formula is C20H25N9O3. The molecule has 0 saturated heterocycles. The molecule has 0 spiro atoms. The number of nitrogens with one attached hydrogen (secondary N) is 3. The molecule has 1 aromatic carbocycles. The highest BCUT2D eigenvalue weighted by Gasteiger charge is 2.30. The van der Waals surface area contributed by atoms with Crippen LogP contribution in [0.5, 0.6) is 5.75 Å². The summed E-state index contributed by atoms with van der Waals surface area (Å²) in [6.45, 7) is -2.76. The number of carbonyl (C=O) groups excluding carboxylic acids is 1. The van der Waals surface area contributed by atoms with E-state index in [1.807, 2.05) is 0 Å². The van der Waals surface area contributed by atoms with Crippen LogP contribution in [0, 0.1) is 5.92 Å². The van der Waals surface area contributed by atoms with Crippen molar-refractivity contribution in [3.05, 3.63) is 40.2 Å². The molecule has 2 heterocycles. The monoisotopic (exact) mass is 442 g/mol. The molecule has 1 aliphatic carbocycles. The van der Waals surface area contributed by atoms with E-state index in [4.69, 9.17) is 20.4 Å². The summed E-state index contributed by atoms with van der Waals surface area (Å²) in [6, 6.07) is 6.49. The lowest BCUT2D eigenvalue weighted by Crippen LogP contribution is -2.26. The zero-order chi connectivity index (χ0) is 25.5. The number of hydrazone groups is 1. The van der Waals surface area contributed by atoms with E-state index in [0.717, 1.165) is 18.0 Å². The molecule has 1 saturated carbocycles. The van der Waals surface area contributed by atoms with Gasteiger partial charge in [0.25, 0.3) is 5.56 Å². The molecule has 0 aliphatic heterocycles. The van der Waals surface area contributed by atoms with Crippen LogP contribution in [0.25, 0.3) is 11.0 Å². The van der Waals surface area contributed by atoms with Gasteiger partial charge in [-0.05, 0) is 25.0 Å². The molecule has 0 unspecified atom stereocenters. The van der Waals surface area contributed by atoms with Crippen molar-refractivity contribution in [3.8, 4) is 5.75 Å². The van der Waals surface area contributed by atoms with Crippen molar-refractivity contribution in [3.63, 3.8) is 0 Å². The molecular weight excluding hydrogens is 414 g/mol. The first-order valence-electron chi connectivity index (χ1n) is 11.2. The number of rotatable bonds is 7. The smallest absolute Gasteiger partial charge is 0.277 e. The Labute approximate surface area is 187 Å². The van der Waals surface area contributed by atoms with Crippen LogP contribution in [0.3, 0.4) is 0 Å². The number of hydrogen-bond acceptors (Lipinski definition) is 8. The van der Waals surface area contributed by atoms with Crippen molar-refractivity contribution >= 4 is 40.0 Å². The largest absolute Gasteiger partial charge is 0.494 e. The van der Waals surface area contributed by atoms with Gasteiger partial charge in [0.1, 0.15) is 11.2 Å². The highest BCUT2D eigenvalue weighted by Crippen LogP contribution is 2.34. The zero-order valence-electron chi connectivity index (χ0n) is 20.5. The number of nitrogens with two attached hydrogens (primary N) is 2. The molecule has 2 aromatic heterocycles. The molecule has 0 radical (unpaired) electrons. The van der Waals surface area contributed by atoms with Crippen LogP contribution >= 0.6 is 0 Å². The summed E-state index contributed by atoms with van der Waals surface area (Å²) in [6.07, 6.45) is 1.58. The number of nitrogens with zero attached hydrogens (tertiary/aromatic N) is 4. The highest BCUT2D eigenvalue weighted by atomic mass is 16.5. The van der Waals surface area contributed by atoms with E-state index in [2.05, 4.69) is 25.8 Å². The fourth-order valence-electron chi connectivity index (χ4n) is 3.27. The molecule has 4 rings (SSSR count). The minimum Gasteiger partial charge on any atom is -0.494 e. The Balaban J connectivity index is 1.85. The summed E-state index contributed by atoms with van der Waals surface area (Å²) in [5.74, 6) is 5.81. The zero-order valence-corrected chi connectivity index (χ0v) is 17.5. The Kier molecular flexibility index (Phi) is 4.53. The second kappa shape index (κ2) is 8.23. The van der Waals surface area contributed by atoms with Gasteiger partial charge in [0.05, 0.1) is 24.0 Å². The Bertz CT molecular complexity index is 1370. The van der Waals surface area contributed by atoms with Gasteiger partial charge in [-0.2, -0.15) is 0 Å². The van der Waals surface area contributed by atoms with Gasteiger partial charge in [0, 0.05) is 30.1 Å². The van der Waals surface area contributed by atoms with E-state index in [1.54, 1.807) is 18.2 Å². The molecule has 1 fully saturated rings. The molecule has 3 aromatic rings.